The van der Waals surface area contributed by atoms with Gasteiger partial charge in [0.05, 0.1) is 38.2 Å². The van der Waals surface area contributed by atoms with Crippen LogP contribution >= 0.6 is 0 Å². The lowest BCUT2D eigenvalue weighted by Crippen LogP contribution is -2.24. The summed E-state index contributed by atoms with van der Waals surface area (Å²) < 4.78 is 21.1. The number of esters is 1. The first-order chi connectivity index (χ1) is 15.4. The van der Waals surface area contributed by atoms with Gasteiger partial charge in [0.2, 0.25) is 0 Å². The van der Waals surface area contributed by atoms with E-state index < -0.39 is 5.97 Å². The molecule has 1 aliphatic heterocycles. The van der Waals surface area contributed by atoms with Gasteiger partial charge in [0.15, 0.2) is 11.5 Å². The van der Waals surface area contributed by atoms with Gasteiger partial charge in [0, 0.05) is 11.8 Å². The molecule has 0 saturated carbocycles. The Morgan fingerprint density at radius 3 is 2.31 bits per heavy atom. The van der Waals surface area contributed by atoms with Gasteiger partial charge in [0.1, 0.15) is 12.4 Å². The Bertz CT molecular complexity index is 1100. The van der Waals surface area contributed by atoms with E-state index in [2.05, 4.69) is 6.58 Å². The summed E-state index contributed by atoms with van der Waals surface area (Å²) in [6, 6.07) is 12.3. The first-order valence-electron chi connectivity index (χ1n) is 9.86. The summed E-state index contributed by atoms with van der Waals surface area (Å²) in [5.74, 6) is 0.750. The van der Waals surface area contributed by atoms with E-state index in [0.717, 1.165) is 5.56 Å². The standard InChI is InChI=1S/C25H25NO6/c1-6-13-32-19-10-7-17(8-11-19)14-20-23(25(28)31-5)16(2)26(24(20)27)18-9-12-21(29-3)22(15-18)30-4/h6-12,14-15H,1,13H2,2-5H3. The third-order valence-electron chi connectivity index (χ3n) is 4.97. The number of hydrogen-bond donors (Lipinski definition) is 0. The fourth-order valence-electron chi connectivity index (χ4n) is 3.44. The van der Waals surface area contributed by atoms with E-state index in [0.29, 0.717) is 35.2 Å². The first-order valence-corrected chi connectivity index (χ1v) is 9.86. The number of amides is 1. The summed E-state index contributed by atoms with van der Waals surface area (Å²) in [6.45, 7) is 5.72. The zero-order chi connectivity index (χ0) is 23.3. The van der Waals surface area contributed by atoms with Gasteiger partial charge in [-0.2, -0.15) is 0 Å². The Balaban J connectivity index is 2.04. The lowest BCUT2D eigenvalue weighted by molar-refractivity contribution is -0.136. The van der Waals surface area contributed by atoms with E-state index in [1.165, 1.54) is 26.2 Å². The summed E-state index contributed by atoms with van der Waals surface area (Å²) in [4.78, 5) is 27.4. The van der Waals surface area contributed by atoms with Crippen molar-refractivity contribution in [3.8, 4) is 17.2 Å². The first kappa shape index (κ1) is 22.7. The largest absolute Gasteiger partial charge is 0.493 e. The molecule has 3 rings (SSSR count). The van der Waals surface area contributed by atoms with Gasteiger partial charge in [-0.1, -0.05) is 24.8 Å². The van der Waals surface area contributed by atoms with Gasteiger partial charge >= 0.3 is 5.97 Å². The van der Waals surface area contributed by atoms with Gasteiger partial charge in [-0.3, -0.25) is 9.69 Å². The molecule has 1 aliphatic rings. The molecule has 0 atom stereocenters. The van der Waals surface area contributed by atoms with Crippen molar-refractivity contribution in [1.82, 2.24) is 0 Å². The number of allylic oxidation sites excluding steroid dienone is 1. The maximum atomic E-state index is 13.4. The summed E-state index contributed by atoms with van der Waals surface area (Å²) in [5.41, 5.74) is 2.19. The highest BCUT2D eigenvalue weighted by atomic mass is 16.5. The van der Waals surface area contributed by atoms with E-state index in [1.807, 2.05) is 12.1 Å². The number of carbonyl (C=O) groups is 2. The van der Waals surface area contributed by atoms with Crippen LogP contribution in [0.5, 0.6) is 17.2 Å². The van der Waals surface area contributed by atoms with Crippen LogP contribution in [0.25, 0.3) is 6.08 Å². The minimum atomic E-state index is -0.587. The van der Waals surface area contributed by atoms with Gasteiger partial charge in [0.25, 0.3) is 5.91 Å². The molecule has 0 spiro atoms. The summed E-state index contributed by atoms with van der Waals surface area (Å²) in [5, 5.41) is 0. The van der Waals surface area contributed by atoms with Crippen LogP contribution in [0.3, 0.4) is 0 Å². The molecule has 0 unspecified atom stereocenters. The number of ether oxygens (including phenoxy) is 4. The topological polar surface area (TPSA) is 74.3 Å². The van der Waals surface area contributed by atoms with Crippen LogP contribution in [0.4, 0.5) is 5.69 Å². The van der Waals surface area contributed by atoms with Crippen molar-refractivity contribution in [2.75, 3.05) is 32.8 Å². The number of carbonyl (C=O) groups excluding carboxylic acids is 2. The third-order valence-corrected chi connectivity index (χ3v) is 4.97. The molecule has 0 aliphatic carbocycles. The Hall–Kier alpha value is -4.00. The molecule has 0 N–H and O–H groups in total. The maximum Gasteiger partial charge on any atom is 0.340 e. The van der Waals surface area contributed by atoms with Crippen LogP contribution in [0.15, 0.2) is 72.0 Å². The highest BCUT2D eigenvalue weighted by Crippen LogP contribution is 2.39. The molecule has 2 aromatic rings. The minimum Gasteiger partial charge on any atom is -0.493 e. The van der Waals surface area contributed by atoms with Crippen LogP contribution in [-0.4, -0.2) is 39.8 Å². The molecule has 32 heavy (non-hydrogen) atoms. The highest BCUT2D eigenvalue weighted by molar-refractivity contribution is 6.23. The Morgan fingerprint density at radius 2 is 1.72 bits per heavy atom. The Kier molecular flexibility index (Phi) is 7.00. The van der Waals surface area contributed by atoms with E-state index in [1.54, 1.807) is 49.4 Å². The molecular weight excluding hydrogens is 410 g/mol. The van der Waals surface area contributed by atoms with Crippen LogP contribution in [0.1, 0.15) is 12.5 Å². The van der Waals surface area contributed by atoms with Gasteiger partial charge in [-0.15, -0.1) is 0 Å². The van der Waals surface area contributed by atoms with E-state index in [4.69, 9.17) is 18.9 Å². The second-order valence-corrected chi connectivity index (χ2v) is 6.86. The Morgan fingerprint density at radius 1 is 1.03 bits per heavy atom. The second kappa shape index (κ2) is 9.87. The van der Waals surface area contributed by atoms with Crippen molar-refractivity contribution in [3.63, 3.8) is 0 Å². The van der Waals surface area contributed by atoms with Crippen molar-refractivity contribution in [3.05, 3.63) is 77.5 Å². The van der Waals surface area contributed by atoms with Gasteiger partial charge in [-0.25, -0.2) is 4.79 Å². The number of benzene rings is 2. The molecule has 2 aromatic carbocycles. The number of hydrogen-bond acceptors (Lipinski definition) is 6. The summed E-state index contributed by atoms with van der Waals surface area (Å²) in [7, 11) is 4.34. The van der Waals surface area contributed by atoms with Crippen LogP contribution in [0.2, 0.25) is 0 Å². The van der Waals surface area contributed by atoms with Crippen LogP contribution < -0.4 is 19.1 Å². The zero-order valence-electron chi connectivity index (χ0n) is 18.5. The molecule has 0 saturated heterocycles. The fraction of sp³-hybridized carbons (Fsp3) is 0.200. The molecule has 1 heterocycles. The minimum absolute atomic E-state index is 0.208. The lowest BCUT2D eigenvalue weighted by Gasteiger charge is -2.19. The van der Waals surface area contributed by atoms with Gasteiger partial charge in [-0.05, 0) is 42.8 Å². The molecule has 1 amide bonds. The predicted octanol–water partition coefficient (Wildman–Crippen LogP) is 4.15. The normalized spacial score (nSPS) is 14.6. The van der Waals surface area contributed by atoms with E-state index >= 15 is 0 Å². The van der Waals surface area contributed by atoms with Gasteiger partial charge < -0.3 is 18.9 Å². The smallest absolute Gasteiger partial charge is 0.340 e. The lowest BCUT2D eigenvalue weighted by atomic mass is 10.0. The van der Waals surface area contributed by atoms with Crippen LogP contribution in [0, 0.1) is 0 Å². The summed E-state index contributed by atoms with van der Waals surface area (Å²) in [6.07, 6.45) is 3.32. The monoisotopic (exact) mass is 435 g/mol. The van der Waals surface area contributed by atoms with Crippen molar-refractivity contribution in [2.45, 2.75) is 6.92 Å². The molecule has 166 valence electrons. The van der Waals surface area contributed by atoms with E-state index in [-0.39, 0.29) is 17.1 Å². The zero-order valence-corrected chi connectivity index (χ0v) is 18.5. The Labute approximate surface area is 187 Å². The van der Waals surface area contributed by atoms with Crippen molar-refractivity contribution in [1.29, 1.82) is 0 Å². The number of methoxy groups -OCH3 is 3. The number of anilines is 1. The van der Waals surface area contributed by atoms with Crippen molar-refractivity contribution >= 4 is 23.6 Å². The number of nitrogens with zero attached hydrogens (tertiary/aromatic N) is 1. The molecular formula is C25H25NO6. The van der Waals surface area contributed by atoms with Crippen molar-refractivity contribution in [2.24, 2.45) is 0 Å². The van der Waals surface area contributed by atoms with Crippen molar-refractivity contribution < 1.29 is 28.5 Å². The highest BCUT2D eigenvalue weighted by Gasteiger charge is 2.38. The summed E-state index contributed by atoms with van der Waals surface area (Å²) >= 11 is 0. The van der Waals surface area contributed by atoms with E-state index in [9.17, 15) is 9.59 Å². The maximum absolute atomic E-state index is 13.4. The molecule has 7 heteroatoms. The third kappa shape index (κ3) is 4.37. The average molecular weight is 435 g/mol. The molecule has 0 aromatic heterocycles. The SMILES string of the molecule is C=CCOc1ccc(C=C2C(=O)N(c3ccc(OC)c(OC)c3)C(C)=C2C(=O)OC)cc1. The fourth-order valence-corrected chi connectivity index (χ4v) is 3.44. The predicted molar refractivity (Wildman–Crippen MR) is 122 cm³/mol. The average Bonchev–Trinajstić information content (AvgIpc) is 3.06. The second-order valence-electron chi connectivity index (χ2n) is 6.86. The molecule has 7 nitrogen and oxygen atoms in total. The molecule has 0 bridgehead atoms. The number of rotatable bonds is 8. The van der Waals surface area contributed by atoms with Crippen LogP contribution in [-0.2, 0) is 14.3 Å². The molecule has 0 fully saturated rings. The molecule has 0 radical (unpaired) electrons. The quantitative estimate of drug-likeness (QED) is 0.352.